The van der Waals surface area contributed by atoms with Gasteiger partial charge in [0.15, 0.2) is 16.3 Å². The van der Waals surface area contributed by atoms with Gasteiger partial charge in [-0.25, -0.2) is 9.79 Å². The van der Waals surface area contributed by atoms with Crippen molar-refractivity contribution in [1.82, 2.24) is 4.57 Å². The Labute approximate surface area is 250 Å². The number of hydrogen-bond donors (Lipinski definition) is 0. The highest BCUT2D eigenvalue weighted by Gasteiger charge is 2.33. The van der Waals surface area contributed by atoms with Crippen LogP contribution < -0.4 is 24.4 Å². The number of fused-ring (bicyclic) bond motifs is 1. The highest BCUT2D eigenvalue weighted by atomic mass is 79.9. The highest BCUT2D eigenvalue weighted by molar-refractivity contribution is 9.10. The maximum absolute atomic E-state index is 13.9. The van der Waals surface area contributed by atoms with Gasteiger partial charge >= 0.3 is 5.97 Å². The van der Waals surface area contributed by atoms with Crippen LogP contribution in [-0.2, 0) is 16.1 Å². The van der Waals surface area contributed by atoms with Crippen molar-refractivity contribution in [3.05, 3.63) is 125 Å². The van der Waals surface area contributed by atoms with Crippen molar-refractivity contribution in [1.29, 1.82) is 0 Å². The van der Waals surface area contributed by atoms with Gasteiger partial charge in [-0.3, -0.25) is 9.36 Å². The topological polar surface area (TPSA) is 79.1 Å². The van der Waals surface area contributed by atoms with Gasteiger partial charge in [0.25, 0.3) is 5.56 Å². The van der Waals surface area contributed by atoms with Crippen LogP contribution in [0, 0.1) is 0 Å². The van der Waals surface area contributed by atoms with Crippen molar-refractivity contribution < 1.29 is 19.0 Å². The molecule has 0 spiro atoms. The molecule has 0 aliphatic carbocycles. The fourth-order valence-electron chi connectivity index (χ4n) is 4.64. The normalized spacial score (nSPS) is 14.8. The van der Waals surface area contributed by atoms with E-state index in [2.05, 4.69) is 20.9 Å². The predicted octanol–water partition coefficient (Wildman–Crippen LogP) is 5.54. The second kappa shape index (κ2) is 12.7. The molecular formula is C32H29BrN2O5S. The van der Waals surface area contributed by atoms with E-state index in [1.54, 1.807) is 18.4 Å². The van der Waals surface area contributed by atoms with E-state index < -0.39 is 12.0 Å². The predicted molar refractivity (Wildman–Crippen MR) is 163 cm³/mol. The molecule has 41 heavy (non-hydrogen) atoms. The second-order valence-electron chi connectivity index (χ2n) is 9.27. The fraction of sp³-hybridized carbons (Fsp3) is 0.219. The van der Waals surface area contributed by atoms with E-state index in [4.69, 9.17) is 14.2 Å². The van der Waals surface area contributed by atoms with E-state index in [1.807, 2.05) is 85.8 Å². The van der Waals surface area contributed by atoms with Gasteiger partial charge in [-0.15, -0.1) is 0 Å². The number of allylic oxidation sites excluding steroid dienone is 1. The van der Waals surface area contributed by atoms with Crippen LogP contribution in [0.5, 0.6) is 11.5 Å². The van der Waals surface area contributed by atoms with E-state index in [0.29, 0.717) is 45.3 Å². The molecule has 1 aliphatic heterocycles. The molecule has 0 radical (unpaired) electrons. The zero-order valence-corrected chi connectivity index (χ0v) is 25.3. The Morgan fingerprint density at radius 3 is 2.46 bits per heavy atom. The molecule has 5 rings (SSSR count). The quantitative estimate of drug-likeness (QED) is 0.226. The van der Waals surface area contributed by atoms with Crippen LogP contribution >= 0.6 is 27.3 Å². The first kappa shape index (κ1) is 28.6. The molecule has 0 bridgehead atoms. The second-order valence-corrected chi connectivity index (χ2v) is 11.2. The van der Waals surface area contributed by atoms with Crippen molar-refractivity contribution in [3.8, 4) is 11.5 Å². The standard InChI is InChI=1S/C32H29BrN2O5S/c1-4-38-26-17-22(11-16-25(26)40-19-21-9-7-6-8-10-21)18-27-30(36)35-29(23-12-14-24(33)15-13-23)28(31(37)39-5-2)20(3)34-32(35)41-27/h6-18,29H,4-5,19H2,1-3H3/b27-18-/t29-/m0/s1. The molecule has 0 saturated carbocycles. The molecule has 1 atom stereocenters. The Hall–Kier alpha value is -3.95. The molecule has 7 nitrogen and oxygen atoms in total. The number of carbonyl (C=O) groups excluding carboxylic acids is 1. The number of rotatable bonds is 9. The highest BCUT2D eigenvalue weighted by Crippen LogP contribution is 2.32. The summed E-state index contributed by atoms with van der Waals surface area (Å²) < 4.78 is 20.2. The van der Waals surface area contributed by atoms with Crippen molar-refractivity contribution in [2.24, 2.45) is 4.99 Å². The van der Waals surface area contributed by atoms with E-state index in [9.17, 15) is 9.59 Å². The third kappa shape index (κ3) is 6.21. The maximum atomic E-state index is 13.9. The number of aromatic nitrogens is 1. The smallest absolute Gasteiger partial charge is 0.338 e. The van der Waals surface area contributed by atoms with Crippen LogP contribution in [0.2, 0.25) is 0 Å². The lowest BCUT2D eigenvalue weighted by Gasteiger charge is -2.24. The van der Waals surface area contributed by atoms with Crippen molar-refractivity contribution in [2.75, 3.05) is 13.2 Å². The number of thiazole rings is 1. The minimum atomic E-state index is -0.659. The monoisotopic (exact) mass is 632 g/mol. The minimum absolute atomic E-state index is 0.223. The Balaban J connectivity index is 1.56. The van der Waals surface area contributed by atoms with E-state index >= 15 is 0 Å². The van der Waals surface area contributed by atoms with Gasteiger partial charge in [0.05, 0.1) is 35.1 Å². The van der Waals surface area contributed by atoms with E-state index in [-0.39, 0.29) is 12.2 Å². The summed E-state index contributed by atoms with van der Waals surface area (Å²) in [6, 6.07) is 22.4. The number of nitrogens with zero attached hydrogens (tertiary/aromatic N) is 2. The van der Waals surface area contributed by atoms with Gasteiger partial charge in [0, 0.05) is 4.47 Å². The molecule has 1 aliphatic rings. The summed E-state index contributed by atoms with van der Waals surface area (Å²) >= 11 is 4.75. The summed E-state index contributed by atoms with van der Waals surface area (Å²) in [6.45, 7) is 6.55. The number of carbonyl (C=O) groups is 1. The van der Waals surface area contributed by atoms with Crippen LogP contribution in [0.3, 0.4) is 0 Å². The third-order valence-corrected chi connectivity index (χ3v) is 8.02. The number of hydrogen-bond acceptors (Lipinski definition) is 7. The molecule has 0 saturated heterocycles. The number of halogens is 1. The average molecular weight is 634 g/mol. The summed E-state index contributed by atoms with van der Waals surface area (Å²) in [5.74, 6) is 0.737. The first-order valence-electron chi connectivity index (χ1n) is 13.3. The molecule has 1 aromatic heterocycles. The number of benzene rings is 3. The summed E-state index contributed by atoms with van der Waals surface area (Å²) in [5.41, 5.74) is 3.27. The summed E-state index contributed by atoms with van der Waals surface area (Å²) in [4.78, 5) is 32.1. The van der Waals surface area contributed by atoms with Gasteiger partial charge in [-0.05, 0) is 67.8 Å². The average Bonchev–Trinajstić information content (AvgIpc) is 3.27. The summed E-state index contributed by atoms with van der Waals surface area (Å²) in [7, 11) is 0. The summed E-state index contributed by atoms with van der Waals surface area (Å²) in [5, 5.41) is 0. The SMILES string of the molecule is CCOC(=O)C1=C(C)N=c2s/c(=C\c3ccc(OCc4ccccc4)c(OCC)c3)c(=O)n2[C@H]1c1ccc(Br)cc1. The Bertz CT molecular complexity index is 1780. The molecule has 0 amide bonds. The molecule has 0 N–H and O–H groups in total. The molecule has 9 heteroatoms. The molecular weight excluding hydrogens is 604 g/mol. The molecule has 2 heterocycles. The van der Waals surface area contributed by atoms with Crippen LogP contribution in [0.1, 0.15) is 43.5 Å². The molecule has 0 fully saturated rings. The lowest BCUT2D eigenvalue weighted by Crippen LogP contribution is -2.39. The Kier molecular flexibility index (Phi) is 8.85. The van der Waals surface area contributed by atoms with Crippen molar-refractivity contribution in [3.63, 3.8) is 0 Å². The molecule has 0 unspecified atom stereocenters. The van der Waals surface area contributed by atoms with Crippen LogP contribution in [0.4, 0.5) is 0 Å². The van der Waals surface area contributed by atoms with Gasteiger partial charge in [-0.1, -0.05) is 75.8 Å². The lowest BCUT2D eigenvalue weighted by molar-refractivity contribution is -0.139. The van der Waals surface area contributed by atoms with Crippen LogP contribution in [0.15, 0.2) is 98.3 Å². The first-order chi connectivity index (χ1) is 19.9. The van der Waals surface area contributed by atoms with Gasteiger partial charge < -0.3 is 14.2 Å². The van der Waals surface area contributed by atoms with Crippen molar-refractivity contribution in [2.45, 2.75) is 33.4 Å². The Morgan fingerprint density at radius 2 is 1.76 bits per heavy atom. The van der Waals surface area contributed by atoms with E-state index in [0.717, 1.165) is 21.2 Å². The minimum Gasteiger partial charge on any atom is -0.490 e. The van der Waals surface area contributed by atoms with Crippen LogP contribution in [-0.4, -0.2) is 23.8 Å². The molecule has 4 aromatic rings. The van der Waals surface area contributed by atoms with E-state index in [1.165, 1.54) is 11.3 Å². The zero-order valence-electron chi connectivity index (χ0n) is 22.9. The van der Waals surface area contributed by atoms with Gasteiger partial charge in [0.1, 0.15) is 6.61 Å². The molecule has 210 valence electrons. The summed E-state index contributed by atoms with van der Waals surface area (Å²) in [6.07, 6.45) is 1.81. The number of ether oxygens (including phenoxy) is 3. The third-order valence-electron chi connectivity index (χ3n) is 6.51. The van der Waals surface area contributed by atoms with Gasteiger partial charge in [0.2, 0.25) is 0 Å². The largest absolute Gasteiger partial charge is 0.490 e. The number of esters is 1. The van der Waals surface area contributed by atoms with Crippen molar-refractivity contribution >= 4 is 39.3 Å². The van der Waals surface area contributed by atoms with Gasteiger partial charge in [-0.2, -0.15) is 0 Å². The maximum Gasteiger partial charge on any atom is 0.338 e. The lowest BCUT2D eigenvalue weighted by atomic mass is 9.96. The fourth-order valence-corrected chi connectivity index (χ4v) is 5.95. The first-order valence-corrected chi connectivity index (χ1v) is 14.9. The van der Waals surface area contributed by atoms with Crippen LogP contribution in [0.25, 0.3) is 6.08 Å². The Morgan fingerprint density at radius 1 is 1.00 bits per heavy atom. The molecule has 3 aromatic carbocycles. The zero-order chi connectivity index (χ0) is 28.9.